The molecule has 1 N–H and O–H groups in total. The van der Waals surface area contributed by atoms with Crippen molar-refractivity contribution in [2.45, 2.75) is 19.5 Å². The number of aromatic nitrogens is 2. The van der Waals surface area contributed by atoms with Crippen molar-refractivity contribution in [3.05, 3.63) is 76.6 Å². The van der Waals surface area contributed by atoms with Gasteiger partial charge in [0.1, 0.15) is 17.5 Å². The second-order valence-electron chi connectivity index (χ2n) is 6.45. The van der Waals surface area contributed by atoms with Crippen molar-refractivity contribution in [3.63, 3.8) is 0 Å². The molecule has 1 amide bonds. The van der Waals surface area contributed by atoms with Gasteiger partial charge >= 0.3 is 0 Å². The van der Waals surface area contributed by atoms with Gasteiger partial charge < -0.3 is 14.8 Å². The average Bonchev–Trinajstić information content (AvgIpc) is 2.77. The van der Waals surface area contributed by atoms with Gasteiger partial charge in [-0.1, -0.05) is 30.3 Å². The monoisotopic (exact) mass is 393 g/mol. The van der Waals surface area contributed by atoms with E-state index in [-0.39, 0.29) is 5.91 Å². The van der Waals surface area contributed by atoms with Gasteiger partial charge in [0.25, 0.3) is 5.56 Å². The van der Waals surface area contributed by atoms with Gasteiger partial charge in [0, 0.05) is 18.2 Å². The second-order valence-corrected chi connectivity index (χ2v) is 6.45. The summed E-state index contributed by atoms with van der Waals surface area (Å²) in [4.78, 5) is 25.1. The minimum absolute atomic E-state index is 0.297. The van der Waals surface area contributed by atoms with Gasteiger partial charge in [-0.25, -0.2) is 4.68 Å². The molecule has 1 aromatic heterocycles. The largest absolute Gasteiger partial charge is 0.497 e. The molecule has 1 atom stereocenters. The van der Waals surface area contributed by atoms with Crippen LogP contribution in [-0.2, 0) is 11.3 Å². The van der Waals surface area contributed by atoms with E-state index in [0.29, 0.717) is 23.7 Å². The van der Waals surface area contributed by atoms with Gasteiger partial charge in [-0.15, -0.1) is 0 Å². The third-order valence-corrected chi connectivity index (χ3v) is 4.56. The van der Waals surface area contributed by atoms with E-state index in [0.717, 1.165) is 11.1 Å². The Labute approximate surface area is 168 Å². The van der Waals surface area contributed by atoms with Crippen LogP contribution < -0.4 is 20.3 Å². The lowest BCUT2D eigenvalue weighted by Gasteiger charge is -2.17. The Morgan fingerprint density at radius 2 is 1.76 bits per heavy atom. The summed E-state index contributed by atoms with van der Waals surface area (Å²) in [6, 6.07) is 17.3. The summed E-state index contributed by atoms with van der Waals surface area (Å²) < 4.78 is 11.7. The fraction of sp³-hybridized carbons (Fsp3) is 0.227. The number of nitrogens with one attached hydrogen (secondary N) is 1. The fourth-order valence-corrected chi connectivity index (χ4v) is 2.88. The first-order chi connectivity index (χ1) is 14.0. The number of methoxy groups -OCH3 is 2. The summed E-state index contributed by atoms with van der Waals surface area (Å²) >= 11 is 0. The molecular weight excluding hydrogens is 370 g/mol. The zero-order valence-corrected chi connectivity index (χ0v) is 16.6. The first-order valence-electron chi connectivity index (χ1n) is 9.17. The van der Waals surface area contributed by atoms with Gasteiger partial charge in [-0.2, -0.15) is 5.10 Å². The highest BCUT2D eigenvalue weighted by atomic mass is 16.5. The Hall–Kier alpha value is -3.61. The third kappa shape index (κ3) is 4.63. The number of benzene rings is 2. The Morgan fingerprint density at radius 3 is 2.38 bits per heavy atom. The maximum absolute atomic E-state index is 12.6. The van der Waals surface area contributed by atoms with Crippen molar-refractivity contribution in [3.8, 4) is 22.8 Å². The molecule has 7 heteroatoms. The standard InChI is InChI=1S/C22H23N3O4/c1-15(22(27)23-14-16-7-5-4-6-8-16)25-20(26)13-19(29-3)21(24-25)17-9-11-18(28-2)12-10-17/h4-13,15H,14H2,1-3H3,(H,23,27). The predicted molar refractivity (Wildman–Crippen MR) is 110 cm³/mol. The average molecular weight is 393 g/mol. The van der Waals surface area contributed by atoms with Crippen LogP contribution in [0.5, 0.6) is 11.5 Å². The van der Waals surface area contributed by atoms with E-state index >= 15 is 0 Å². The Balaban J connectivity index is 1.87. The number of nitrogens with zero attached hydrogens (tertiary/aromatic N) is 2. The van der Waals surface area contributed by atoms with Crippen LogP contribution in [0.3, 0.4) is 0 Å². The first kappa shape index (κ1) is 20.1. The van der Waals surface area contributed by atoms with Crippen LogP contribution in [0.2, 0.25) is 0 Å². The van der Waals surface area contributed by atoms with Crippen LogP contribution in [0, 0.1) is 0 Å². The number of ether oxygens (including phenoxy) is 2. The molecular formula is C22H23N3O4. The second kappa shape index (κ2) is 9.05. The molecule has 150 valence electrons. The first-order valence-corrected chi connectivity index (χ1v) is 9.17. The molecule has 29 heavy (non-hydrogen) atoms. The van der Waals surface area contributed by atoms with Gasteiger partial charge in [0.2, 0.25) is 5.91 Å². The lowest BCUT2D eigenvalue weighted by molar-refractivity contribution is -0.124. The van der Waals surface area contributed by atoms with E-state index in [4.69, 9.17) is 9.47 Å². The summed E-state index contributed by atoms with van der Waals surface area (Å²) in [5, 5.41) is 7.26. The molecule has 0 saturated heterocycles. The molecule has 0 radical (unpaired) electrons. The molecule has 0 fully saturated rings. The topological polar surface area (TPSA) is 82.5 Å². The molecule has 3 aromatic rings. The SMILES string of the molecule is COc1ccc(-c2nn(C(C)C(=O)NCc3ccccc3)c(=O)cc2OC)cc1. The van der Waals surface area contributed by atoms with E-state index in [9.17, 15) is 9.59 Å². The number of rotatable bonds is 7. The zero-order valence-electron chi connectivity index (χ0n) is 16.6. The Kier molecular flexibility index (Phi) is 6.29. The molecule has 1 unspecified atom stereocenters. The van der Waals surface area contributed by atoms with Crippen LogP contribution in [-0.4, -0.2) is 29.9 Å². The molecule has 3 rings (SSSR count). The van der Waals surface area contributed by atoms with Crippen molar-refractivity contribution in [2.24, 2.45) is 0 Å². The summed E-state index contributed by atoms with van der Waals surface area (Å²) in [6.45, 7) is 2.01. The Bertz CT molecular complexity index is 1030. The normalized spacial score (nSPS) is 11.6. The number of carbonyl (C=O) groups is 1. The summed E-state index contributed by atoms with van der Waals surface area (Å²) in [7, 11) is 3.06. The number of carbonyl (C=O) groups excluding carboxylic acids is 1. The van der Waals surface area contributed by atoms with Gasteiger partial charge in [0.15, 0.2) is 5.75 Å². The highest BCUT2D eigenvalue weighted by Crippen LogP contribution is 2.28. The quantitative estimate of drug-likeness (QED) is 0.667. The molecule has 0 bridgehead atoms. The third-order valence-electron chi connectivity index (χ3n) is 4.56. The van der Waals surface area contributed by atoms with Crippen LogP contribution in [0.15, 0.2) is 65.5 Å². The molecule has 0 aliphatic heterocycles. The molecule has 7 nitrogen and oxygen atoms in total. The fourth-order valence-electron chi connectivity index (χ4n) is 2.88. The van der Waals surface area contributed by atoms with Crippen molar-refractivity contribution in [1.82, 2.24) is 15.1 Å². The molecule has 0 aliphatic rings. The van der Waals surface area contributed by atoms with Gasteiger partial charge in [0.05, 0.1) is 14.2 Å². The Morgan fingerprint density at radius 1 is 1.07 bits per heavy atom. The van der Waals surface area contributed by atoms with Crippen LogP contribution in [0.1, 0.15) is 18.5 Å². The van der Waals surface area contributed by atoms with Crippen molar-refractivity contribution >= 4 is 5.91 Å². The lowest BCUT2D eigenvalue weighted by Crippen LogP contribution is -2.36. The summed E-state index contributed by atoms with van der Waals surface area (Å²) in [5.41, 5.74) is 1.77. The maximum atomic E-state index is 12.6. The van der Waals surface area contributed by atoms with E-state index < -0.39 is 11.6 Å². The molecule has 1 heterocycles. The van der Waals surface area contributed by atoms with Crippen LogP contribution in [0.25, 0.3) is 11.3 Å². The minimum Gasteiger partial charge on any atom is -0.497 e. The van der Waals surface area contributed by atoms with Gasteiger partial charge in [-0.3, -0.25) is 9.59 Å². The maximum Gasteiger partial charge on any atom is 0.271 e. The molecule has 0 spiro atoms. The number of amides is 1. The van der Waals surface area contributed by atoms with Crippen molar-refractivity contribution in [2.75, 3.05) is 14.2 Å². The minimum atomic E-state index is -0.783. The van der Waals surface area contributed by atoms with Crippen molar-refractivity contribution in [1.29, 1.82) is 0 Å². The van der Waals surface area contributed by atoms with Crippen molar-refractivity contribution < 1.29 is 14.3 Å². The highest BCUT2D eigenvalue weighted by molar-refractivity contribution is 5.79. The number of hydrogen-bond donors (Lipinski definition) is 1. The summed E-state index contributed by atoms with van der Waals surface area (Å²) in [6.07, 6.45) is 0. The van der Waals surface area contributed by atoms with Gasteiger partial charge in [-0.05, 0) is 36.8 Å². The summed E-state index contributed by atoms with van der Waals surface area (Å²) in [5.74, 6) is 0.748. The van der Waals surface area contributed by atoms with Crippen LogP contribution in [0.4, 0.5) is 0 Å². The van der Waals surface area contributed by atoms with E-state index in [1.54, 1.807) is 26.2 Å². The molecule has 0 aliphatic carbocycles. The number of hydrogen-bond acceptors (Lipinski definition) is 5. The molecule has 0 saturated carbocycles. The van der Waals surface area contributed by atoms with E-state index in [2.05, 4.69) is 10.4 Å². The van der Waals surface area contributed by atoms with Crippen LogP contribution >= 0.6 is 0 Å². The lowest BCUT2D eigenvalue weighted by atomic mass is 10.1. The smallest absolute Gasteiger partial charge is 0.271 e. The zero-order chi connectivity index (χ0) is 20.8. The molecule has 2 aromatic carbocycles. The predicted octanol–water partition coefficient (Wildman–Crippen LogP) is 2.80. The van der Waals surface area contributed by atoms with E-state index in [1.165, 1.54) is 17.9 Å². The highest BCUT2D eigenvalue weighted by Gasteiger charge is 2.20. The van der Waals surface area contributed by atoms with E-state index in [1.807, 2.05) is 42.5 Å².